The van der Waals surface area contributed by atoms with Crippen molar-refractivity contribution in [3.05, 3.63) is 77.6 Å². The molecule has 2 N–H and O–H groups in total. The lowest BCUT2D eigenvalue weighted by Crippen LogP contribution is -2.13. The van der Waals surface area contributed by atoms with Gasteiger partial charge in [0.15, 0.2) is 0 Å². The minimum absolute atomic E-state index is 0.138. The molecule has 0 fully saturated rings. The first kappa shape index (κ1) is 18.7. The predicted octanol–water partition coefficient (Wildman–Crippen LogP) is 5.52. The van der Waals surface area contributed by atoms with Gasteiger partial charge in [0, 0.05) is 16.4 Å². The van der Waals surface area contributed by atoms with Gasteiger partial charge in [0.05, 0.1) is 18.0 Å². The molecular weight excluding hydrogens is 362 g/mol. The fourth-order valence-corrected chi connectivity index (χ4v) is 2.61. The molecule has 0 saturated carbocycles. The standard InChI is InChI=1S/C21H20ClN3O2/c1-14(2)27-19-9-6-16(7-10-19)24-18-8-11-20(23-13-18)21(26)25-17-5-3-4-15(22)12-17/h3-14,24H,1-2H3,(H,25,26). The molecule has 5 nitrogen and oxygen atoms in total. The van der Waals surface area contributed by atoms with E-state index in [0.717, 1.165) is 17.1 Å². The Bertz CT molecular complexity index is 909. The minimum atomic E-state index is -0.293. The third-order valence-electron chi connectivity index (χ3n) is 3.59. The summed E-state index contributed by atoms with van der Waals surface area (Å²) in [5.74, 6) is 0.528. The van der Waals surface area contributed by atoms with E-state index in [1.54, 1.807) is 42.6 Å². The molecule has 0 radical (unpaired) electrons. The van der Waals surface area contributed by atoms with Crippen molar-refractivity contribution in [1.82, 2.24) is 4.98 Å². The molecule has 27 heavy (non-hydrogen) atoms. The summed E-state index contributed by atoms with van der Waals surface area (Å²) in [6, 6.07) is 18.1. The molecule has 3 rings (SSSR count). The molecule has 0 atom stereocenters. The Morgan fingerprint density at radius 3 is 2.37 bits per heavy atom. The molecule has 6 heteroatoms. The van der Waals surface area contributed by atoms with E-state index in [1.165, 1.54) is 0 Å². The lowest BCUT2D eigenvalue weighted by Gasteiger charge is -2.11. The maximum atomic E-state index is 12.3. The van der Waals surface area contributed by atoms with Crippen LogP contribution in [0.5, 0.6) is 5.75 Å². The van der Waals surface area contributed by atoms with Crippen LogP contribution < -0.4 is 15.4 Å². The molecule has 0 unspecified atom stereocenters. The summed E-state index contributed by atoms with van der Waals surface area (Å²) < 4.78 is 5.62. The monoisotopic (exact) mass is 381 g/mol. The van der Waals surface area contributed by atoms with Gasteiger partial charge in [-0.3, -0.25) is 4.79 Å². The first-order valence-corrected chi connectivity index (χ1v) is 8.94. The van der Waals surface area contributed by atoms with E-state index in [0.29, 0.717) is 16.4 Å². The third kappa shape index (κ3) is 5.46. The molecule has 0 saturated heterocycles. The van der Waals surface area contributed by atoms with E-state index in [2.05, 4.69) is 15.6 Å². The van der Waals surface area contributed by atoms with Gasteiger partial charge in [-0.15, -0.1) is 0 Å². The number of carbonyl (C=O) groups is 1. The number of nitrogens with zero attached hydrogens (tertiary/aromatic N) is 1. The number of pyridine rings is 1. The smallest absolute Gasteiger partial charge is 0.274 e. The van der Waals surface area contributed by atoms with Gasteiger partial charge in [-0.1, -0.05) is 17.7 Å². The van der Waals surface area contributed by atoms with Crippen LogP contribution in [0.3, 0.4) is 0 Å². The summed E-state index contributed by atoms with van der Waals surface area (Å²) in [7, 11) is 0. The quantitative estimate of drug-likeness (QED) is 0.590. The van der Waals surface area contributed by atoms with Gasteiger partial charge in [0.25, 0.3) is 5.91 Å². The normalized spacial score (nSPS) is 10.5. The average Bonchev–Trinajstić information content (AvgIpc) is 2.63. The number of benzene rings is 2. The fraction of sp³-hybridized carbons (Fsp3) is 0.143. The van der Waals surface area contributed by atoms with E-state index in [-0.39, 0.29) is 12.0 Å². The molecule has 0 bridgehead atoms. The van der Waals surface area contributed by atoms with Gasteiger partial charge in [-0.05, 0) is 68.4 Å². The number of aromatic nitrogens is 1. The van der Waals surface area contributed by atoms with Crippen molar-refractivity contribution in [3.8, 4) is 5.75 Å². The topological polar surface area (TPSA) is 63.2 Å². The van der Waals surface area contributed by atoms with Crippen molar-refractivity contribution in [3.63, 3.8) is 0 Å². The third-order valence-corrected chi connectivity index (χ3v) is 3.83. The first-order valence-electron chi connectivity index (χ1n) is 8.56. The average molecular weight is 382 g/mol. The summed E-state index contributed by atoms with van der Waals surface area (Å²) >= 11 is 5.92. The summed E-state index contributed by atoms with van der Waals surface area (Å²) in [6.45, 7) is 3.98. The van der Waals surface area contributed by atoms with Gasteiger partial charge in [0.1, 0.15) is 11.4 Å². The van der Waals surface area contributed by atoms with Crippen LogP contribution in [-0.2, 0) is 0 Å². The van der Waals surface area contributed by atoms with Crippen LogP contribution in [0, 0.1) is 0 Å². The molecule has 0 aliphatic carbocycles. The van der Waals surface area contributed by atoms with Crippen molar-refractivity contribution in [2.24, 2.45) is 0 Å². The van der Waals surface area contributed by atoms with Gasteiger partial charge >= 0.3 is 0 Å². The highest BCUT2D eigenvalue weighted by Crippen LogP contribution is 2.21. The van der Waals surface area contributed by atoms with Crippen LogP contribution in [0.1, 0.15) is 24.3 Å². The second-order valence-electron chi connectivity index (χ2n) is 6.21. The van der Waals surface area contributed by atoms with Crippen molar-refractivity contribution in [2.45, 2.75) is 20.0 Å². The molecule has 0 aliphatic heterocycles. The number of rotatable bonds is 6. The maximum absolute atomic E-state index is 12.3. The Labute approximate surface area is 163 Å². The van der Waals surface area contributed by atoms with Gasteiger partial charge in [-0.25, -0.2) is 4.98 Å². The van der Waals surface area contributed by atoms with Crippen LogP contribution in [0.2, 0.25) is 5.02 Å². The van der Waals surface area contributed by atoms with Crippen molar-refractivity contribution >= 4 is 34.6 Å². The number of hydrogen-bond donors (Lipinski definition) is 2. The zero-order valence-corrected chi connectivity index (χ0v) is 15.8. The number of carbonyl (C=O) groups excluding carboxylic acids is 1. The zero-order chi connectivity index (χ0) is 19.2. The molecule has 2 aromatic carbocycles. The highest BCUT2D eigenvalue weighted by molar-refractivity contribution is 6.30. The number of nitrogens with one attached hydrogen (secondary N) is 2. The van der Waals surface area contributed by atoms with E-state index in [9.17, 15) is 4.79 Å². The Morgan fingerprint density at radius 2 is 1.74 bits per heavy atom. The Kier molecular flexibility index (Phi) is 5.94. The van der Waals surface area contributed by atoms with Crippen LogP contribution in [0.15, 0.2) is 66.9 Å². The van der Waals surface area contributed by atoms with E-state index >= 15 is 0 Å². The maximum Gasteiger partial charge on any atom is 0.274 e. The first-order chi connectivity index (χ1) is 13.0. The molecule has 0 aliphatic rings. The van der Waals surface area contributed by atoms with Crippen molar-refractivity contribution in [2.75, 3.05) is 10.6 Å². The van der Waals surface area contributed by atoms with Crippen molar-refractivity contribution in [1.29, 1.82) is 0 Å². The van der Waals surface area contributed by atoms with Crippen LogP contribution in [0.4, 0.5) is 17.1 Å². The highest BCUT2D eigenvalue weighted by Gasteiger charge is 2.08. The summed E-state index contributed by atoms with van der Waals surface area (Å²) in [4.78, 5) is 16.5. The number of halogens is 1. The minimum Gasteiger partial charge on any atom is -0.491 e. The van der Waals surface area contributed by atoms with Crippen LogP contribution >= 0.6 is 11.6 Å². The molecule has 138 valence electrons. The summed E-state index contributed by atoms with van der Waals surface area (Å²) in [5.41, 5.74) is 2.64. The Morgan fingerprint density at radius 1 is 1.00 bits per heavy atom. The fourth-order valence-electron chi connectivity index (χ4n) is 2.42. The SMILES string of the molecule is CC(C)Oc1ccc(Nc2ccc(C(=O)Nc3cccc(Cl)c3)nc2)cc1. The second kappa shape index (κ2) is 8.56. The van der Waals surface area contributed by atoms with Gasteiger partial charge < -0.3 is 15.4 Å². The molecular formula is C21H20ClN3O2. The Hall–Kier alpha value is -3.05. The molecule has 1 heterocycles. The molecule has 1 aromatic heterocycles. The predicted molar refractivity (Wildman–Crippen MR) is 109 cm³/mol. The molecule has 1 amide bonds. The van der Waals surface area contributed by atoms with E-state index in [1.807, 2.05) is 38.1 Å². The zero-order valence-electron chi connectivity index (χ0n) is 15.1. The van der Waals surface area contributed by atoms with Gasteiger partial charge in [0.2, 0.25) is 0 Å². The number of anilines is 3. The number of ether oxygens (including phenoxy) is 1. The number of hydrogen-bond acceptors (Lipinski definition) is 4. The lowest BCUT2D eigenvalue weighted by atomic mass is 10.2. The summed E-state index contributed by atoms with van der Waals surface area (Å²) in [5, 5.41) is 6.57. The molecule has 0 spiro atoms. The number of amides is 1. The van der Waals surface area contributed by atoms with Gasteiger partial charge in [-0.2, -0.15) is 0 Å². The van der Waals surface area contributed by atoms with E-state index in [4.69, 9.17) is 16.3 Å². The van der Waals surface area contributed by atoms with Crippen LogP contribution in [-0.4, -0.2) is 17.0 Å². The summed E-state index contributed by atoms with van der Waals surface area (Å²) in [6.07, 6.45) is 1.75. The van der Waals surface area contributed by atoms with Crippen molar-refractivity contribution < 1.29 is 9.53 Å². The Balaban J connectivity index is 1.62. The highest BCUT2D eigenvalue weighted by atomic mass is 35.5. The molecule has 3 aromatic rings. The van der Waals surface area contributed by atoms with Crippen LogP contribution in [0.25, 0.3) is 0 Å². The largest absolute Gasteiger partial charge is 0.491 e. The van der Waals surface area contributed by atoms with E-state index < -0.39 is 0 Å². The lowest BCUT2D eigenvalue weighted by molar-refractivity contribution is 0.102. The second-order valence-corrected chi connectivity index (χ2v) is 6.65.